The number of alkyl halides is 3. The molecule has 2 heterocycles. The number of nitrogens with zero attached hydrogens (tertiary/aromatic N) is 3. The van der Waals surface area contributed by atoms with Crippen molar-refractivity contribution >= 4 is 16.9 Å². The Morgan fingerprint density at radius 2 is 1.87 bits per heavy atom. The van der Waals surface area contributed by atoms with Crippen LogP contribution in [0.15, 0.2) is 42.7 Å². The van der Waals surface area contributed by atoms with Crippen LogP contribution >= 0.6 is 0 Å². The van der Waals surface area contributed by atoms with Gasteiger partial charge in [0.2, 0.25) is 5.91 Å². The van der Waals surface area contributed by atoms with Crippen molar-refractivity contribution in [3.63, 3.8) is 0 Å². The fourth-order valence-electron chi connectivity index (χ4n) is 2.19. The van der Waals surface area contributed by atoms with Crippen molar-refractivity contribution in [2.24, 2.45) is 5.73 Å². The van der Waals surface area contributed by atoms with Crippen LogP contribution in [0, 0.1) is 0 Å². The Hall–Kier alpha value is -2.90. The van der Waals surface area contributed by atoms with Crippen LogP contribution in [0.4, 0.5) is 13.2 Å². The number of nitrogens with two attached hydrogens (primary N) is 1. The summed E-state index contributed by atoms with van der Waals surface area (Å²) in [6.07, 6.45) is -1.49. The number of carbonyl (C=O) groups is 1. The van der Waals surface area contributed by atoms with Crippen molar-refractivity contribution in [1.82, 2.24) is 14.8 Å². The highest BCUT2D eigenvalue weighted by Crippen LogP contribution is 2.29. The topological polar surface area (TPSA) is 73.8 Å². The van der Waals surface area contributed by atoms with Gasteiger partial charge in [0.1, 0.15) is 0 Å². The maximum atomic E-state index is 12.5. The molecule has 118 valence electrons. The molecule has 0 bridgehead atoms. The average Bonchev–Trinajstić information content (AvgIpc) is 2.89. The number of primary amides is 1. The fraction of sp³-hybridized carbons (Fsp3) is 0.133. The molecule has 0 saturated heterocycles. The zero-order valence-electron chi connectivity index (χ0n) is 11.7. The van der Waals surface area contributed by atoms with Crippen LogP contribution in [0.25, 0.3) is 11.0 Å². The molecule has 2 N–H and O–H groups in total. The second kappa shape index (κ2) is 5.38. The molecule has 0 atom stereocenters. The number of amides is 1. The molecule has 23 heavy (non-hydrogen) atoms. The second-order valence-electron chi connectivity index (χ2n) is 5.00. The molecule has 3 rings (SSSR count). The minimum Gasteiger partial charge on any atom is -0.366 e. The van der Waals surface area contributed by atoms with Gasteiger partial charge in [0.05, 0.1) is 23.9 Å². The van der Waals surface area contributed by atoms with Crippen LogP contribution in [-0.2, 0) is 12.7 Å². The van der Waals surface area contributed by atoms with E-state index in [-0.39, 0.29) is 12.1 Å². The molecule has 3 aromatic rings. The van der Waals surface area contributed by atoms with Crippen molar-refractivity contribution in [2.45, 2.75) is 12.7 Å². The Morgan fingerprint density at radius 1 is 1.17 bits per heavy atom. The van der Waals surface area contributed by atoms with E-state index < -0.39 is 17.6 Å². The molecule has 8 heteroatoms. The summed E-state index contributed by atoms with van der Waals surface area (Å²) in [5, 5.41) is 4.77. The summed E-state index contributed by atoms with van der Waals surface area (Å²) in [4.78, 5) is 15.3. The Balaban J connectivity index is 1.88. The molecule has 0 aliphatic carbocycles. The molecule has 5 nitrogen and oxygen atoms in total. The average molecular weight is 320 g/mol. The summed E-state index contributed by atoms with van der Waals surface area (Å²) in [7, 11) is 0. The molecule has 0 aliphatic heterocycles. The van der Waals surface area contributed by atoms with E-state index in [1.807, 2.05) is 0 Å². The minimum absolute atomic E-state index is 0.268. The second-order valence-corrected chi connectivity index (χ2v) is 5.00. The van der Waals surface area contributed by atoms with Crippen LogP contribution in [0.5, 0.6) is 0 Å². The number of hydrogen-bond donors (Lipinski definition) is 1. The number of halogens is 3. The Morgan fingerprint density at radius 3 is 2.48 bits per heavy atom. The highest BCUT2D eigenvalue weighted by Gasteiger charge is 2.29. The van der Waals surface area contributed by atoms with E-state index >= 15 is 0 Å². The third kappa shape index (κ3) is 3.01. The van der Waals surface area contributed by atoms with Gasteiger partial charge in [-0.2, -0.15) is 18.3 Å². The molecule has 0 spiro atoms. The van der Waals surface area contributed by atoms with Gasteiger partial charge in [0.25, 0.3) is 0 Å². The molecule has 0 radical (unpaired) electrons. The minimum atomic E-state index is -4.36. The fourth-order valence-corrected chi connectivity index (χ4v) is 2.19. The summed E-state index contributed by atoms with van der Waals surface area (Å²) < 4.78 is 39.2. The molecule has 0 aliphatic rings. The van der Waals surface area contributed by atoms with Crippen LogP contribution < -0.4 is 5.73 Å². The first-order valence-corrected chi connectivity index (χ1v) is 6.62. The standard InChI is InChI=1S/C15H11F3N4O/c16-15(17,18)12-3-1-9(2-4-12)8-22-14-11(7-21-22)5-10(6-20-14)13(19)23/h1-7H,8H2,(H2,19,23). The van der Waals surface area contributed by atoms with Gasteiger partial charge in [-0.3, -0.25) is 4.79 Å². The zero-order valence-corrected chi connectivity index (χ0v) is 11.7. The molecular weight excluding hydrogens is 309 g/mol. The molecule has 1 amide bonds. The molecular formula is C15H11F3N4O. The van der Waals surface area contributed by atoms with E-state index in [1.54, 1.807) is 10.7 Å². The lowest BCUT2D eigenvalue weighted by Gasteiger charge is -2.08. The van der Waals surface area contributed by atoms with Gasteiger partial charge in [-0.1, -0.05) is 12.1 Å². The van der Waals surface area contributed by atoms with Gasteiger partial charge in [-0.15, -0.1) is 0 Å². The number of benzene rings is 1. The third-order valence-electron chi connectivity index (χ3n) is 3.37. The van der Waals surface area contributed by atoms with Crippen molar-refractivity contribution in [3.8, 4) is 0 Å². The maximum absolute atomic E-state index is 12.5. The summed E-state index contributed by atoms with van der Waals surface area (Å²) >= 11 is 0. The predicted octanol–water partition coefficient (Wildman–Crippen LogP) is 2.60. The summed E-state index contributed by atoms with van der Waals surface area (Å²) in [5.41, 5.74) is 5.94. The summed E-state index contributed by atoms with van der Waals surface area (Å²) in [5.74, 6) is -0.588. The predicted molar refractivity (Wildman–Crippen MR) is 76.6 cm³/mol. The Bertz CT molecular complexity index is 869. The lowest BCUT2D eigenvalue weighted by molar-refractivity contribution is -0.137. The molecule has 0 unspecified atom stereocenters. The van der Waals surface area contributed by atoms with Crippen molar-refractivity contribution in [3.05, 3.63) is 59.4 Å². The molecule has 0 saturated carbocycles. The van der Waals surface area contributed by atoms with E-state index in [0.29, 0.717) is 16.6 Å². The van der Waals surface area contributed by atoms with Gasteiger partial charge in [-0.05, 0) is 23.8 Å². The summed E-state index contributed by atoms with van der Waals surface area (Å²) in [6, 6.07) is 6.42. The SMILES string of the molecule is NC(=O)c1cnc2c(cnn2Cc2ccc(C(F)(F)F)cc2)c1. The van der Waals surface area contributed by atoms with E-state index in [9.17, 15) is 18.0 Å². The first kappa shape index (κ1) is 15.0. The lowest BCUT2D eigenvalue weighted by atomic mass is 10.1. The van der Waals surface area contributed by atoms with E-state index in [4.69, 9.17) is 5.73 Å². The number of carbonyl (C=O) groups excluding carboxylic acids is 1. The van der Waals surface area contributed by atoms with Crippen molar-refractivity contribution in [1.29, 1.82) is 0 Å². The van der Waals surface area contributed by atoms with E-state index in [1.165, 1.54) is 24.5 Å². The quantitative estimate of drug-likeness (QED) is 0.806. The third-order valence-corrected chi connectivity index (χ3v) is 3.37. The van der Waals surface area contributed by atoms with Gasteiger partial charge < -0.3 is 5.73 Å². The summed E-state index contributed by atoms with van der Waals surface area (Å²) in [6.45, 7) is 0.268. The smallest absolute Gasteiger partial charge is 0.366 e. The molecule has 1 aromatic carbocycles. The number of aromatic nitrogens is 3. The van der Waals surface area contributed by atoms with Gasteiger partial charge >= 0.3 is 6.18 Å². The van der Waals surface area contributed by atoms with Crippen LogP contribution in [0.3, 0.4) is 0 Å². The van der Waals surface area contributed by atoms with Crippen molar-refractivity contribution < 1.29 is 18.0 Å². The van der Waals surface area contributed by atoms with E-state index in [0.717, 1.165) is 12.1 Å². The largest absolute Gasteiger partial charge is 0.416 e. The van der Waals surface area contributed by atoms with Crippen molar-refractivity contribution in [2.75, 3.05) is 0 Å². The molecule has 2 aromatic heterocycles. The number of fused-ring (bicyclic) bond motifs is 1. The zero-order chi connectivity index (χ0) is 16.6. The van der Waals surface area contributed by atoms with Gasteiger partial charge in [0, 0.05) is 11.6 Å². The first-order valence-electron chi connectivity index (χ1n) is 6.62. The number of hydrogen-bond acceptors (Lipinski definition) is 3. The Labute approximate surface area is 128 Å². The number of rotatable bonds is 3. The van der Waals surface area contributed by atoms with E-state index in [2.05, 4.69) is 10.1 Å². The van der Waals surface area contributed by atoms with Crippen LogP contribution in [0.1, 0.15) is 21.5 Å². The highest BCUT2D eigenvalue weighted by molar-refractivity contribution is 5.95. The molecule has 0 fully saturated rings. The monoisotopic (exact) mass is 320 g/mol. The van der Waals surface area contributed by atoms with Crippen LogP contribution in [0.2, 0.25) is 0 Å². The number of pyridine rings is 1. The maximum Gasteiger partial charge on any atom is 0.416 e. The normalized spacial score (nSPS) is 11.8. The lowest BCUT2D eigenvalue weighted by Crippen LogP contribution is -2.11. The first-order chi connectivity index (χ1) is 10.8. The highest BCUT2D eigenvalue weighted by atomic mass is 19.4. The Kier molecular flexibility index (Phi) is 3.51. The van der Waals surface area contributed by atoms with Gasteiger partial charge in [-0.25, -0.2) is 9.67 Å². The van der Waals surface area contributed by atoms with Gasteiger partial charge in [0.15, 0.2) is 5.65 Å². The van der Waals surface area contributed by atoms with Crippen LogP contribution in [-0.4, -0.2) is 20.7 Å².